The summed E-state index contributed by atoms with van der Waals surface area (Å²) in [7, 11) is 0. The highest BCUT2D eigenvalue weighted by Crippen LogP contribution is 2.44. The number of thioether (sulfide) groups is 1. The number of benzene rings is 2. The van der Waals surface area contributed by atoms with Crippen LogP contribution in [0.3, 0.4) is 0 Å². The average Bonchev–Trinajstić information content (AvgIpc) is 3.28. The van der Waals surface area contributed by atoms with Crippen LogP contribution in [-0.4, -0.2) is 52.6 Å². The summed E-state index contributed by atoms with van der Waals surface area (Å²) in [5.74, 6) is 1.94. The fourth-order valence-corrected chi connectivity index (χ4v) is 5.23. The van der Waals surface area contributed by atoms with Gasteiger partial charge in [0.1, 0.15) is 18.5 Å². The highest BCUT2D eigenvalue weighted by molar-refractivity contribution is 7.99. The van der Waals surface area contributed by atoms with Gasteiger partial charge in [0.05, 0.1) is 12.0 Å². The SMILES string of the molecule is O=C1C[C@@]2(CCSC2)C(=O)N1C[C@@H](O)COc1ccc(-c2ccccc2)cc1. The van der Waals surface area contributed by atoms with Gasteiger partial charge in [-0.05, 0) is 35.4 Å². The van der Waals surface area contributed by atoms with E-state index in [0.717, 1.165) is 23.3 Å². The molecule has 2 aromatic rings. The number of likely N-dealkylation sites (tertiary alicyclic amines) is 1. The zero-order valence-corrected chi connectivity index (χ0v) is 16.4. The van der Waals surface area contributed by atoms with Crippen LogP contribution in [0.2, 0.25) is 0 Å². The Labute approximate surface area is 168 Å². The molecule has 2 aliphatic heterocycles. The molecular formula is C22H23NO4S. The Morgan fingerprint density at radius 2 is 1.79 bits per heavy atom. The molecule has 2 aromatic carbocycles. The van der Waals surface area contributed by atoms with Gasteiger partial charge in [0, 0.05) is 12.2 Å². The summed E-state index contributed by atoms with van der Waals surface area (Å²) in [6.45, 7) is 0.0235. The van der Waals surface area contributed by atoms with Crippen LogP contribution in [0, 0.1) is 5.41 Å². The van der Waals surface area contributed by atoms with E-state index in [2.05, 4.69) is 0 Å². The standard InChI is InChI=1S/C22H23NO4S/c24-18(13-23-20(25)12-22(21(23)26)10-11-28-15-22)14-27-19-8-6-17(7-9-19)16-4-2-1-3-5-16/h1-9,18,24H,10-15H2/t18-,22-/m1/s1. The van der Waals surface area contributed by atoms with Crippen molar-refractivity contribution in [3.05, 3.63) is 54.6 Å². The Morgan fingerprint density at radius 1 is 1.07 bits per heavy atom. The lowest BCUT2D eigenvalue weighted by atomic mass is 9.86. The number of carbonyl (C=O) groups excluding carboxylic acids is 2. The largest absolute Gasteiger partial charge is 0.491 e. The first-order valence-electron chi connectivity index (χ1n) is 9.46. The Morgan fingerprint density at radius 3 is 2.46 bits per heavy atom. The smallest absolute Gasteiger partial charge is 0.236 e. The van der Waals surface area contributed by atoms with E-state index in [1.54, 1.807) is 11.8 Å². The summed E-state index contributed by atoms with van der Waals surface area (Å²) in [6, 6.07) is 17.7. The lowest BCUT2D eigenvalue weighted by Crippen LogP contribution is -2.41. The van der Waals surface area contributed by atoms with Gasteiger partial charge < -0.3 is 9.84 Å². The molecular weight excluding hydrogens is 374 g/mol. The summed E-state index contributed by atoms with van der Waals surface area (Å²) < 4.78 is 5.65. The minimum atomic E-state index is -0.911. The zero-order chi connectivity index (χ0) is 19.6. The van der Waals surface area contributed by atoms with E-state index >= 15 is 0 Å². The number of nitrogens with zero attached hydrogens (tertiary/aromatic N) is 1. The third kappa shape index (κ3) is 3.80. The number of rotatable bonds is 6. The highest BCUT2D eigenvalue weighted by Gasteiger charge is 2.53. The van der Waals surface area contributed by atoms with Crippen molar-refractivity contribution in [1.82, 2.24) is 4.90 Å². The van der Waals surface area contributed by atoms with Gasteiger partial charge >= 0.3 is 0 Å². The van der Waals surface area contributed by atoms with Crippen molar-refractivity contribution < 1.29 is 19.4 Å². The van der Waals surface area contributed by atoms with Gasteiger partial charge in [-0.15, -0.1) is 0 Å². The van der Waals surface area contributed by atoms with Gasteiger partial charge in [-0.25, -0.2) is 0 Å². The lowest BCUT2D eigenvalue weighted by Gasteiger charge is -2.22. The second kappa shape index (κ2) is 7.97. The summed E-state index contributed by atoms with van der Waals surface area (Å²) in [5, 5.41) is 10.3. The van der Waals surface area contributed by atoms with Crippen molar-refractivity contribution in [3.63, 3.8) is 0 Å². The zero-order valence-electron chi connectivity index (χ0n) is 15.5. The van der Waals surface area contributed by atoms with Crippen LogP contribution in [0.4, 0.5) is 0 Å². The Kier molecular flexibility index (Phi) is 5.42. The van der Waals surface area contributed by atoms with Crippen molar-refractivity contribution in [2.24, 2.45) is 5.41 Å². The first-order chi connectivity index (χ1) is 13.6. The van der Waals surface area contributed by atoms with Crippen LogP contribution < -0.4 is 4.74 Å². The fraction of sp³-hybridized carbons (Fsp3) is 0.364. The van der Waals surface area contributed by atoms with Crippen molar-refractivity contribution in [3.8, 4) is 16.9 Å². The van der Waals surface area contributed by atoms with Crippen molar-refractivity contribution in [1.29, 1.82) is 0 Å². The normalized spacial score (nSPS) is 22.8. The number of hydrogen-bond acceptors (Lipinski definition) is 5. The Hall–Kier alpha value is -2.31. The topological polar surface area (TPSA) is 66.8 Å². The average molecular weight is 397 g/mol. The first kappa shape index (κ1) is 19.0. The van der Waals surface area contributed by atoms with Crippen LogP contribution >= 0.6 is 11.8 Å². The van der Waals surface area contributed by atoms with E-state index in [-0.39, 0.29) is 31.4 Å². The fourth-order valence-electron chi connectivity index (χ4n) is 3.79. The maximum Gasteiger partial charge on any atom is 0.236 e. The molecule has 1 N–H and O–H groups in total. The number of aliphatic hydroxyl groups excluding tert-OH is 1. The molecule has 0 unspecified atom stereocenters. The molecule has 2 aliphatic rings. The number of ether oxygens (including phenoxy) is 1. The monoisotopic (exact) mass is 397 g/mol. The minimum Gasteiger partial charge on any atom is -0.491 e. The van der Waals surface area contributed by atoms with E-state index in [9.17, 15) is 14.7 Å². The first-order valence-corrected chi connectivity index (χ1v) is 10.6. The third-order valence-corrected chi connectivity index (χ3v) is 6.64. The summed E-state index contributed by atoms with van der Waals surface area (Å²) in [6.07, 6.45) is 0.109. The number of β-amino-alcohol motifs (C(OH)–C–C–N with tert-alkyl or cyclic N) is 1. The Bertz CT molecular complexity index is 847. The van der Waals surface area contributed by atoms with Gasteiger partial charge in [-0.3, -0.25) is 14.5 Å². The van der Waals surface area contributed by atoms with E-state index < -0.39 is 11.5 Å². The molecule has 28 heavy (non-hydrogen) atoms. The van der Waals surface area contributed by atoms with Crippen LogP contribution in [0.15, 0.2) is 54.6 Å². The second-order valence-corrected chi connectivity index (χ2v) is 8.53. The molecule has 146 valence electrons. The van der Waals surface area contributed by atoms with E-state index in [4.69, 9.17) is 4.74 Å². The molecule has 2 amide bonds. The predicted molar refractivity (Wildman–Crippen MR) is 109 cm³/mol. The molecule has 0 aromatic heterocycles. The molecule has 2 saturated heterocycles. The summed E-state index contributed by atoms with van der Waals surface area (Å²) in [4.78, 5) is 26.2. The molecule has 0 radical (unpaired) electrons. The molecule has 6 heteroatoms. The maximum atomic E-state index is 12.7. The predicted octanol–water partition coefficient (Wildman–Crippen LogP) is 2.98. The second-order valence-electron chi connectivity index (χ2n) is 7.42. The molecule has 2 atom stereocenters. The number of amides is 2. The van der Waals surface area contributed by atoms with Gasteiger partial charge in [0.2, 0.25) is 11.8 Å². The molecule has 4 rings (SSSR count). The molecule has 0 bridgehead atoms. The number of imide groups is 1. The minimum absolute atomic E-state index is 0.00776. The van der Waals surface area contributed by atoms with Gasteiger partial charge in [-0.1, -0.05) is 42.5 Å². The van der Waals surface area contributed by atoms with Gasteiger partial charge in [0.25, 0.3) is 0 Å². The van der Waals surface area contributed by atoms with Crippen molar-refractivity contribution >= 4 is 23.6 Å². The number of carbonyl (C=O) groups is 2. The van der Waals surface area contributed by atoms with Crippen LogP contribution in [-0.2, 0) is 9.59 Å². The molecule has 5 nitrogen and oxygen atoms in total. The Balaban J connectivity index is 1.32. The van der Waals surface area contributed by atoms with Crippen LogP contribution in [0.25, 0.3) is 11.1 Å². The molecule has 1 spiro atoms. The van der Waals surface area contributed by atoms with E-state index in [1.807, 2.05) is 54.6 Å². The van der Waals surface area contributed by atoms with Crippen LogP contribution in [0.5, 0.6) is 5.75 Å². The highest BCUT2D eigenvalue weighted by atomic mass is 32.2. The maximum absolute atomic E-state index is 12.7. The van der Waals surface area contributed by atoms with E-state index in [0.29, 0.717) is 11.5 Å². The lowest BCUT2D eigenvalue weighted by molar-refractivity contribution is -0.142. The number of aliphatic hydroxyl groups is 1. The molecule has 2 fully saturated rings. The van der Waals surface area contributed by atoms with E-state index in [1.165, 1.54) is 4.90 Å². The van der Waals surface area contributed by atoms with Crippen LogP contribution in [0.1, 0.15) is 12.8 Å². The molecule has 0 aliphatic carbocycles. The van der Waals surface area contributed by atoms with Gasteiger partial charge in [-0.2, -0.15) is 11.8 Å². The van der Waals surface area contributed by atoms with Crippen molar-refractivity contribution in [2.45, 2.75) is 18.9 Å². The van der Waals surface area contributed by atoms with Gasteiger partial charge in [0.15, 0.2) is 0 Å². The molecule has 0 saturated carbocycles. The quantitative estimate of drug-likeness (QED) is 0.759. The number of hydrogen-bond donors (Lipinski definition) is 1. The summed E-state index contributed by atoms with van der Waals surface area (Å²) >= 11 is 1.72. The summed E-state index contributed by atoms with van der Waals surface area (Å²) in [5.41, 5.74) is 1.68. The molecule has 2 heterocycles. The van der Waals surface area contributed by atoms with Crippen molar-refractivity contribution in [2.75, 3.05) is 24.7 Å². The third-order valence-electron chi connectivity index (χ3n) is 5.39.